The Balaban J connectivity index is 3.60. The number of aromatic carboxylic acids is 1. The molecule has 0 atom stereocenters. The van der Waals surface area contributed by atoms with Gasteiger partial charge in [0.1, 0.15) is 11.8 Å². The van der Waals surface area contributed by atoms with E-state index < -0.39 is 34.2 Å². The molecular weight excluding hydrogens is 230 g/mol. The quantitative estimate of drug-likeness (QED) is 0.849. The van der Waals surface area contributed by atoms with E-state index in [1.54, 1.807) is 0 Å². The molecule has 1 aromatic heterocycles. The van der Waals surface area contributed by atoms with Crippen LogP contribution in [0.15, 0.2) is 6.20 Å². The Hall–Kier alpha value is -1.74. The Kier molecular flexibility index (Phi) is 3.17. The molecule has 4 nitrogen and oxygen atoms in total. The van der Waals surface area contributed by atoms with E-state index in [-0.39, 0.29) is 0 Å². The highest BCUT2D eigenvalue weighted by Crippen LogP contribution is 2.29. The summed E-state index contributed by atoms with van der Waals surface area (Å²) in [4.78, 5) is 14.0. The molecule has 0 bridgehead atoms. The molecular formula is C8H3ClF2N2O2. The Bertz CT molecular complexity index is 457. The number of aromatic nitrogens is 1. The van der Waals surface area contributed by atoms with E-state index in [4.69, 9.17) is 22.0 Å². The molecule has 15 heavy (non-hydrogen) atoms. The minimum atomic E-state index is -3.11. The van der Waals surface area contributed by atoms with E-state index in [9.17, 15) is 13.6 Å². The summed E-state index contributed by atoms with van der Waals surface area (Å²) in [5, 5.41) is 16.7. The lowest BCUT2D eigenvalue weighted by molar-refractivity contribution is 0.0684. The van der Waals surface area contributed by atoms with Gasteiger partial charge in [-0.15, -0.1) is 0 Å². The average molecular weight is 233 g/mol. The molecule has 0 fully saturated rings. The van der Waals surface area contributed by atoms with E-state index in [0.29, 0.717) is 0 Å². The maximum absolute atomic E-state index is 12.5. The summed E-state index contributed by atoms with van der Waals surface area (Å²) in [6.07, 6.45) is -2.26. The minimum Gasteiger partial charge on any atom is -0.478 e. The van der Waals surface area contributed by atoms with Gasteiger partial charge in [-0.05, 0) is 0 Å². The Morgan fingerprint density at radius 1 is 1.67 bits per heavy atom. The summed E-state index contributed by atoms with van der Waals surface area (Å²) in [5.74, 6) is -1.62. The fourth-order valence-corrected chi connectivity index (χ4v) is 1.25. The fraction of sp³-hybridized carbons (Fsp3) is 0.125. The van der Waals surface area contributed by atoms with Crippen LogP contribution in [0.5, 0.6) is 0 Å². The highest BCUT2D eigenvalue weighted by Gasteiger charge is 2.25. The van der Waals surface area contributed by atoms with Crippen LogP contribution in [0.2, 0.25) is 5.02 Å². The van der Waals surface area contributed by atoms with Crippen molar-refractivity contribution in [1.82, 2.24) is 4.98 Å². The third kappa shape index (κ3) is 2.02. The van der Waals surface area contributed by atoms with Gasteiger partial charge in [-0.25, -0.2) is 18.6 Å². The van der Waals surface area contributed by atoms with E-state index in [1.807, 2.05) is 0 Å². The minimum absolute atomic E-state index is 0.420. The second kappa shape index (κ2) is 4.19. The van der Waals surface area contributed by atoms with Crippen molar-refractivity contribution in [3.63, 3.8) is 0 Å². The molecule has 0 spiro atoms. The molecule has 0 aromatic carbocycles. The van der Waals surface area contributed by atoms with E-state index in [2.05, 4.69) is 4.98 Å². The van der Waals surface area contributed by atoms with Crippen LogP contribution in [-0.2, 0) is 0 Å². The van der Waals surface area contributed by atoms with E-state index >= 15 is 0 Å². The number of hydrogen-bond acceptors (Lipinski definition) is 3. The third-order valence-electron chi connectivity index (χ3n) is 1.61. The summed E-state index contributed by atoms with van der Waals surface area (Å²) in [6, 6.07) is 1.39. The Morgan fingerprint density at radius 3 is 2.67 bits per heavy atom. The normalized spacial score (nSPS) is 10.1. The zero-order valence-corrected chi connectivity index (χ0v) is 7.79. The summed E-state index contributed by atoms with van der Waals surface area (Å²) in [7, 11) is 0. The van der Waals surface area contributed by atoms with Crippen LogP contribution >= 0.6 is 11.6 Å². The van der Waals surface area contributed by atoms with Crippen LogP contribution in [-0.4, -0.2) is 16.1 Å². The molecule has 1 rings (SSSR count). The monoisotopic (exact) mass is 232 g/mol. The molecule has 0 aliphatic carbocycles. The number of alkyl halides is 2. The van der Waals surface area contributed by atoms with E-state index in [1.165, 1.54) is 6.07 Å². The lowest BCUT2D eigenvalue weighted by Crippen LogP contribution is -2.08. The molecule has 0 unspecified atom stereocenters. The first kappa shape index (κ1) is 11.3. The van der Waals surface area contributed by atoms with Gasteiger partial charge in [-0.2, -0.15) is 5.26 Å². The summed E-state index contributed by atoms with van der Waals surface area (Å²) in [6.45, 7) is 0. The van der Waals surface area contributed by atoms with Gasteiger partial charge in [0.05, 0.1) is 16.1 Å². The molecule has 0 radical (unpaired) electrons. The number of rotatable bonds is 2. The first-order chi connectivity index (χ1) is 6.99. The molecule has 1 aromatic rings. The summed E-state index contributed by atoms with van der Waals surface area (Å²) >= 11 is 5.41. The predicted molar refractivity (Wildman–Crippen MR) is 45.9 cm³/mol. The number of nitrogens with zero attached hydrogens (tertiary/aromatic N) is 2. The van der Waals surface area contributed by atoms with Crippen molar-refractivity contribution in [3.05, 3.63) is 28.0 Å². The molecule has 1 N–H and O–H groups in total. The van der Waals surface area contributed by atoms with Gasteiger partial charge in [-0.3, -0.25) is 0 Å². The van der Waals surface area contributed by atoms with Crippen molar-refractivity contribution < 1.29 is 18.7 Å². The molecule has 0 saturated carbocycles. The number of hydrogen-bond donors (Lipinski definition) is 1. The summed E-state index contributed by atoms with van der Waals surface area (Å²) < 4.78 is 25.0. The third-order valence-corrected chi connectivity index (χ3v) is 1.89. The number of carbonyl (C=O) groups is 1. The lowest BCUT2D eigenvalue weighted by atomic mass is 10.1. The molecule has 78 valence electrons. The van der Waals surface area contributed by atoms with Crippen LogP contribution in [0.4, 0.5) is 8.78 Å². The number of nitriles is 1. The van der Waals surface area contributed by atoms with Crippen molar-refractivity contribution in [2.45, 2.75) is 6.43 Å². The smallest absolute Gasteiger partial charge is 0.337 e. The zero-order chi connectivity index (χ0) is 11.6. The molecule has 0 saturated heterocycles. The largest absolute Gasteiger partial charge is 0.478 e. The SMILES string of the molecule is N#Cc1ncc(Cl)c(C(=O)O)c1C(F)F. The highest BCUT2D eigenvalue weighted by molar-refractivity contribution is 6.33. The van der Waals surface area contributed by atoms with Crippen LogP contribution in [0, 0.1) is 11.3 Å². The van der Waals surface area contributed by atoms with Crippen molar-refractivity contribution >= 4 is 17.6 Å². The van der Waals surface area contributed by atoms with Crippen LogP contribution in [0.1, 0.15) is 28.0 Å². The molecule has 0 aliphatic heterocycles. The fourth-order valence-electron chi connectivity index (χ4n) is 1.02. The number of carboxylic acids is 1. The van der Waals surface area contributed by atoms with Crippen molar-refractivity contribution in [3.8, 4) is 6.07 Å². The van der Waals surface area contributed by atoms with Gasteiger partial charge < -0.3 is 5.11 Å². The molecule has 7 heteroatoms. The maximum Gasteiger partial charge on any atom is 0.337 e. The standard InChI is InChI=1S/C8H3ClF2N2O2/c9-3-2-13-4(1-12)6(7(10)11)5(3)8(14)15/h2,7H,(H,14,15). The van der Waals surface area contributed by atoms with Crippen molar-refractivity contribution in [1.29, 1.82) is 5.26 Å². The van der Waals surface area contributed by atoms with Gasteiger partial charge in [0.2, 0.25) is 0 Å². The van der Waals surface area contributed by atoms with Gasteiger partial charge in [0.15, 0.2) is 0 Å². The van der Waals surface area contributed by atoms with Gasteiger partial charge in [-0.1, -0.05) is 11.6 Å². The first-order valence-corrected chi connectivity index (χ1v) is 3.96. The molecule has 1 heterocycles. The van der Waals surface area contributed by atoms with Gasteiger partial charge in [0, 0.05) is 6.20 Å². The Morgan fingerprint density at radius 2 is 2.27 bits per heavy atom. The van der Waals surface area contributed by atoms with Crippen molar-refractivity contribution in [2.75, 3.05) is 0 Å². The molecule has 0 amide bonds. The number of pyridine rings is 1. The average Bonchev–Trinajstić information content (AvgIpc) is 2.16. The van der Waals surface area contributed by atoms with Gasteiger partial charge in [0.25, 0.3) is 6.43 Å². The zero-order valence-electron chi connectivity index (χ0n) is 7.04. The summed E-state index contributed by atoms with van der Waals surface area (Å²) in [5.41, 5.74) is -2.36. The lowest BCUT2D eigenvalue weighted by Gasteiger charge is -2.07. The van der Waals surface area contributed by atoms with Crippen LogP contribution < -0.4 is 0 Å². The Labute approximate surface area is 87.7 Å². The molecule has 0 aliphatic rings. The topological polar surface area (TPSA) is 74.0 Å². The van der Waals surface area contributed by atoms with Crippen LogP contribution in [0.3, 0.4) is 0 Å². The number of carboxylic acid groups (broad SMARTS) is 1. The highest BCUT2D eigenvalue weighted by atomic mass is 35.5. The maximum atomic E-state index is 12.5. The van der Waals surface area contributed by atoms with Crippen molar-refractivity contribution in [2.24, 2.45) is 0 Å². The predicted octanol–water partition coefficient (Wildman–Crippen LogP) is 2.24. The first-order valence-electron chi connectivity index (χ1n) is 3.59. The number of halogens is 3. The second-order valence-electron chi connectivity index (χ2n) is 2.46. The van der Waals surface area contributed by atoms with Gasteiger partial charge >= 0.3 is 5.97 Å². The van der Waals surface area contributed by atoms with Crippen LogP contribution in [0.25, 0.3) is 0 Å². The second-order valence-corrected chi connectivity index (χ2v) is 2.87. The van der Waals surface area contributed by atoms with E-state index in [0.717, 1.165) is 6.20 Å².